The Morgan fingerprint density at radius 2 is 1.06 bits per heavy atom. The maximum absolute atomic E-state index is 10.8. The lowest BCUT2D eigenvalue weighted by molar-refractivity contribution is -0.141. The van der Waals surface area contributed by atoms with Crippen LogP contribution in [0.5, 0.6) is 0 Å². The predicted octanol–water partition coefficient (Wildman–Crippen LogP) is 9.85. The van der Waals surface area contributed by atoms with Crippen molar-refractivity contribution in [3.8, 4) is 0 Å². The first-order valence-electron chi connectivity index (χ1n) is 25.3. The maximum Gasteiger partial charge on any atom is 0.305 e. The van der Waals surface area contributed by atoms with E-state index in [4.69, 9.17) is 18.3 Å². The van der Waals surface area contributed by atoms with Crippen LogP contribution in [0, 0.1) is 0 Å². The van der Waals surface area contributed by atoms with Gasteiger partial charge in [-0.2, -0.15) is 0 Å². The van der Waals surface area contributed by atoms with Crippen molar-refractivity contribution in [2.75, 3.05) is 87.0 Å². The maximum atomic E-state index is 10.8. The smallest absolute Gasteiger partial charge is 0.305 e. The molecule has 0 aromatic heterocycles. The first-order valence-corrected chi connectivity index (χ1v) is 31.5. The summed E-state index contributed by atoms with van der Waals surface area (Å²) in [6.45, 7) is 31.4. The van der Waals surface area contributed by atoms with Crippen LogP contribution in [0.2, 0.25) is 38.3 Å². The van der Waals surface area contributed by atoms with Crippen LogP contribution in [0.25, 0.3) is 0 Å². The number of esters is 2. The summed E-state index contributed by atoms with van der Waals surface area (Å²) in [6.07, 6.45) is 17.5. The second-order valence-corrected chi connectivity index (χ2v) is 27.3. The largest absolute Gasteiger partial charge is 0.469 e. The third-order valence-corrected chi connectivity index (χ3v) is 17.7. The summed E-state index contributed by atoms with van der Waals surface area (Å²) in [5.74, 6) is -0.317. The third-order valence-electron chi connectivity index (χ3n) is 10.2. The summed E-state index contributed by atoms with van der Waals surface area (Å²) >= 11 is 0. The van der Waals surface area contributed by atoms with Crippen molar-refractivity contribution in [2.45, 2.75) is 221 Å². The van der Waals surface area contributed by atoms with E-state index in [0.717, 1.165) is 63.8 Å². The summed E-state index contributed by atoms with van der Waals surface area (Å²) in [4.78, 5) is 24.9. The Hall–Kier alpha value is -0.986. The number of carbonyl (C=O) groups excluding carboxylic acids is 2. The van der Waals surface area contributed by atoms with Crippen molar-refractivity contribution >= 4 is 28.6 Å². The molecule has 0 aliphatic rings. The van der Waals surface area contributed by atoms with Gasteiger partial charge in [-0.15, -0.1) is 0 Å². The van der Waals surface area contributed by atoms with Gasteiger partial charge in [0.1, 0.15) is 0 Å². The van der Waals surface area contributed by atoms with Gasteiger partial charge in [-0.25, -0.2) is 0 Å². The lowest BCUT2D eigenvalue weighted by Crippen LogP contribution is -2.44. The molecule has 0 aromatic rings. The summed E-state index contributed by atoms with van der Waals surface area (Å²) < 4.78 is 32.2. The van der Waals surface area contributed by atoms with Crippen molar-refractivity contribution in [1.29, 1.82) is 0 Å². The average Bonchev–Trinajstić information content (AvgIpc) is 3.23. The molecule has 15 heteroatoms. The van der Waals surface area contributed by atoms with Crippen molar-refractivity contribution in [3.63, 3.8) is 0 Å². The SMILES string of the molecule is CC.CCCCCCCCCCCC(=O)OC.CCN(CCCCCCN(C)CC(O)COC(C)C)CC(O)COCCC[Si](C)(C)O[Si](C)(C)CCCOCC(C)O.COC(C)=O. The first-order chi connectivity index (χ1) is 30.2. The standard InChI is InChI=1S/C31H70N2O7Si2.C13H26O2.C3H6O2.C2H6/c1-10-33(18-14-12-11-13-17-32(5)23-30(35)27-39-28(2)3)24-31(36)26-38-20-16-22-42(8,9)40-41(6,7)21-15-19-37-25-29(4)34;1-3-4-5-6-7-8-9-10-11-12-13(14)15-2;1-3(4)5-2;1-2/h28-31,34-36H,10-27H2,1-9H3;3-12H2,1-2H3;1-2H3;1-2H3. The lowest BCUT2D eigenvalue weighted by atomic mass is 10.1. The molecule has 0 aliphatic heterocycles. The Labute approximate surface area is 397 Å². The highest BCUT2D eigenvalue weighted by Gasteiger charge is 2.32. The van der Waals surface area contributed by atoms with Crippen molar-refractivity contribution in [3.05, 3.63) is 0 Å². The Bertz CT molecular complexity index is 997. The van der Waals surface area contributed by atoms with E-state index in [0.29, 0.717) is 52.5 Å². The highest BCUT2D eigenvalue weighted by atomic mass is 28.4. The number of unbranched alkanes of at least 4 members (excludes halogenated alkanes) is 11. The Kier molecular flexibility index (Phi) is 52.7. The van der Waals surface area contributed by atoms with Gasteiger partial charge in [0.05, 0.1) is 58.5 Å². The minimum Gasteiger partial charge on any atom is -0.469 e. The fourth-order valence-electron chi connectivity index (χ4n) is 6.81. The molecule has 0 bridgehead atoms. The molecule has 3 N–H and O–H groups in total. The minimum absolute atomic E-state index is 0.0713. The van der Waals surface area contributed by atoms with Gasteiger partial charge in [0, 0.05) is 39.6 Å². The molecule has 0 heterocycles. The predicted molar refractivity (Wildman–Crippen MR) is 272 cm³/mol. The Balaban J connectivity index is -0.000000670. The second kappa shape index (κ2) is 48.5. The highest BCUT2D eigenvalue weighted by Crippen LogP contribution is 2.24. The molecule has 13 nitrogen and oxygen atoms in total. The topological polar surface area (TPSA) is 157 Å². The monoisotopic (exact) mass is 957 g/mol. The number of hydrogen-bond donors (Lipinski definition) is 3. The molecule has 0 rings (SSSR count). The summed E-state index contributed by atoms with van der Waals surface area (Å²) in [5.41, 5.74) is 0. The van der Waals surface area contributed by atoms with E-state index in [1.54, 1.807) is 6.92 Å². The van der Waals surface area contributed by atoms with Gasteiger partial charge < -0.3 is 52.9 Å². The van der Waals surface area contributed by atoms with E-state index in [2.05, 4.69) is 66.4 Å². The second-order valence-electron chi connectivity index (χ2n) is 18.4. The van der Waals surface area contributed by atoms with Crippen molar-refractivity contribution in [1.82, 2.24) is 9.80 Å². The normalized spacial score (nSPS) is 13.0. The minimum atomic E-state index is -1.77. The van der Waals surface area contributed by atoms with E-state index in [-0.39, 0.29) is 18.0 Å². The van der Waals surface area contributed by atoms with Crippen LogP contribution >= 0.6 is 0 Å². The number of nitrogens with zero attached hydrogens (tertiary/aromatic N) is 2. The molecule has 0 saturated carbocycles. The number of aliphatic hydroxyl groups excluding tert-OH is 3. The zero-order valence-corrected chi connectivity index (χ0v) is 46.6. The number of methoxy groups -OCH3 is 2. The molecule has 0 saturated heterocycles. The average molecular weight is 958 g/mol. The molecule has 0 spiro atoms. The van der Waals surface area contributed by atoms with Gasteiger partial charge in [0.25, 0.3) is 0 Å². The van der Waals surface area contributed by atoms with Gasteiger partial charge in [0.2, 0.25) is 0 Å². The molecular formula is C49H108N2O11Si2. The fourth-order valence-corrected chi connectivity index (χ4v) is 15.6. The zero-order chi connectivity index (χ0) is 49.7. The molecule has 3 atom stereocenters. The van der Waals surface area contributed by atoms with Crippen LogP contribution in [0.15, 0.2) is 0 Å². The van der Waals surface area contributed by atoms with Gasteiger partial charge >= 0.3 is 11.9 Å². The van der Waals surface area contributed by atoms with Crippen LogP contribution in [0.1, 0.15) is 158 Å². The summed E-state index contributed by atoms with van der Waals surface area (Å²) in [6, 6.07) is 2.12. The Morgan fingerprint density at radius 1 is 0.609 bits per heavy atom. The molecule has 388 valence electrons. The van der Waals surface area contributed by atoms with Gasteiger partial charge in [0.15, 0.2) is 16.6 Å². The zero-order valence-electron chi connectivity index (χ0n) is 44.6. The van der Waals surface area contributed by atoms with E-state index in [9.17, 15) is 24.9 Å². The number of aliphatic hydroxyl groups is 3. The lowest BCUT2D eigenvalue weighted by Gasteiger charge is -2.34. The first kappa shape index (κ1) is 69.6. The van der Waals surface area contributed by atoms with Crippen LogP contribution in [-0.4, -0.2) is 165 Å². The Morgan fingerprint density at radius 3 is 1.52 bits per heavy atom. The molecule has 0 aliphatic carbocycles. The van der Waals surface area contributed by atoms with Gasteiger partial charge in [-0.3, -0.25) is 9.59 Å². The van der Waals surface area contributed by atoms with Crippen molar-refractivity contribution < 1.29 is 52.7 Å². The quantitative estimate of drug-likeness (QED) is 0.0304. The molecular weight excluding hydrogens is 849 g/mol. The molecule has 0 fully saturated rings. The highest BCUT2D eigenvalue weighted by molar-refractivity contribution is 6.84. The number of carbonyl (C=O) groups is 2. The molecule has 0 aromatic carbocycles. The summed E-state index contributed by atoms with van der Waals surface area (Å²) in [5, 5.41) is 29.9. The fraction of sp³-hybridized carbons (Fsp3) is 0.959. The van der Waals surface area contributed by atoms with E-state index in [1.165, 1.54) is 85.4 Å². The van der Waals surface area contributed by atoms with Crippen molar-refractivity contribution in [2.24, 2.45) is 0 Å². The van der Waals surface area contributed by atoms with Crippen LogP contribution < -0.4 is 0 Å². The van der Waals surface area contributed by atoms with Gasteiger partial charge in [-0.05, 0) is 118 Å². The number of likely N-dealkylation sites (N-methyl/N-ethyl adjacent to an activating group) is 2. The molecule has 0 amide bonds. The molecule has 64 heavy (non-hydrogen) atoms. The van der Waals surface area contributed by atoms with Crippen LogP contribution in [-0.2, 0) is 37.4 Å². The van der Waals surface area contributed by atoms with Crippen LogP contribution in [0.3, 0.4) is 0 Å². The van der Waals surface area contributed by atoms with E-state index < -0.39 is 34.9 Å². The van der Waals surface area contributed by atoms with E-state index in [1.807, 2.05) is 27.7 Å². The molecule has 0 radical (unpaired) electrons. The van der Waals surface area contributed by atoms with Gasteiger partial charge in [-0.1, -0.05) is 91.9 Å². The number of hydrogen-bond acceptors (Lipinski definition) is 13. The number of ether oxygens (including phenoxy) is 5. The third kappa shape index (κ3) is 57.1. The number of rotatable bonds is 39. The summed E-state index contributed by atoms with van der Waals surface area (Å²) in [7, 11) is 1.35. The van der Waals surface area contributed by atoms with Crippen LogP contribution in [0.4, 0.5) is 0 Å². The molecule has 3 unspecified atom stereocenters. The van der Waals surface area contributed by atoms with E-state index >= 15 is 0 Å².